The summed E-state index contributed by atoms with van der Waals surface area (Å²) in [6.07, 6.45) is 9.55. The molecule has 0 N–H and O–H groups in total. The van der Waals surface area contributed by atoms with Crippen molar-refractivity contribution in [1.29, 1.82) is 0 Å². The van der Waals surface area contributed by atoms with Crippen molar-refractivity contribution in [2.24, 2.45) is 17.8 Å². The zero-order valence-corrected chi connectivity index (χ0v) is 10.5. The van der Waals surface area contributed by atoms with Crippen LogP contribution in [-0.4, -0.2) is 12.2 Å². The molecule has 0 aromatic rings. The summed E-state index contributed by atoms with van der Waals surface area (Å²) in [4.78, 5) is 0. The number of hydrogen-bond donors (Lipinski definition) is 0. The molecular weight excluding hydrogens is 184 g/mol. The zero-order valence-electron chi connectivity index (χ0n) is 10.5. The third kappa shape index (κ3) is 2.75. The highest BCUT2D eigenvalue weighted by Crippen LogP contribution is 2.43. The molecule has 0 aromatic heterocycles. The minimum absolute atomic E-state index is 0.438. The van der Waals surface area contributed by atoms with Gasteiger partial charge in [0.1, 0.15) is 0 Å². The monoisotopic (exact) mass is 210 g/mol. The van der Waals surface area contributed by atoms with Crippen LogP contribution in [0.5, 0.6) is 0 Å². The average molecular weight is 210 g/mol. The van der Waals surface area contributed by atoms with Crippen molar-refractivity contribution >= 4 is 0 Å². The van der Waals surface area contributed by atoms with Gasteiger partial charge in [-0.3, -0.25) is 0 Å². The maximum Gasteiger partial charge on any atom is 0.0581 e. The van der Waals surface area contributed by atoms with Crippen LogP contribution in [0.25, 0.3) is 0 Å². The average Bonchev–Trinajstić information content (AvgIpc) is 2.64. The minimum atomic E-state index is 0.438. The first kappa shape index (κ1) is 11.4. The largest absolute Gasteiger partial charge is 0.375 e. The van der Waals surface area contributed by atoms with Crippen LogP contribution in [0.2, 0.25) is 0 Å². The Morgan fingerprint density at radius 2 is 1.67 bits per heavy atom. The lowest BCUT2D eigenvalue weighted by Crippen LogP contribution is -2.31. The fraction of sp³-hybridized carbons (Fsp3) is 1.00. The quantitative estimate of drug-likeness (QED) is 0.683. The predicted octanol–water partition coefficient (Wildman–Crippen LogP) is 4.02. The minimum Gasteiger partial charge on any atom is -0.375 e. The van der Waals surface area contributed by atoms with Crippen molar-refractivity contribution in [3.05, 3.63) is 0 Å². The highest BCUT2D eigenvalue weighted by Gasteiger charge is 2.34. The van der Waals surface area contributed by atoms with E-state index in [4.69, 9.17) is 4.74 Å². The molecule has 88 valence electrons. The van der Waals surface area contributed by atoms with Crippen LogP contribution in [0, 0.1) is 17.8 Å². The molecule has 1 nitrogen and oxygen atoms in total. The van der Waals surface area contributed by atoms with Gasteiger partial charge in [-0.2, -0.15) is 0 Å². The molecule has 2 rings (SSSR count). The van der Waals surface area contributed by atoms with Crippen molar-refractivity contribution in [3.63, 3.8) is 0 Å². The summed E-state index contributed by atoms with van der Waals surface area (Å²) in [5.74, 6) is 2.72. The second-order valence-electron chi connectivity index (χ2n) is 5.97. The molecule has 1 heteroatoms. The standard InChI is InChI=1S/C14H26O/c1-10(2)11(3)15-14-8-7-12-5-4-6-13(12)9-14/h10-14H,4-9H2,1-3H3. The van der Waals surface area contributed by atoms with Gasteiger partial charge in [0.2, 0.25) is 0 Å². The number of hydrogen-bond acceptors (Lipinski definition) is 1. The number of fused-ring (bicyclic) bond motifs is 1. The maximum absolute atomic E-state index is 6.16. The van der Waals surface area contributed by atoms with Crippen LogP contribution >= 0.6 is 0 Å². The van der Waals surface area contributed by atoms with Crippen LogP contribution in [0.3, 0.4) is 0 Å². The Morgan fingerprint density at radius 1 is 0.933 bits per heavy atom. The fourth-order valence-electron chi connectivity index (χ4n) is 3.24. The molecule has 0 heterocycles. The van der Waals surface area contributed by atoms with Crippen LogP contribution in [-0.2, 0) is 4.74 Å². The lowest BCUT2D eigenvalue weighted by molar-refractivity contribution is -0.0569. The molecule has 0 radical (unpaired) electrons. The summed E-state index contributed by atoms with van der Waals surface area (Å²) in [6, 6.07) is 0. The summed E-state index contributed by atoms with van der Waals surface area (Å²) in [7, 11) is 0. The van der Waals surface area contributed by atoms with E-state index in [-0.39, 0.29) is 0 Å². The third-order valence-electron chi connectivity index (χ3n) is 4.59. The van der Waals surface area contributed by atoms with Crippen molar-refractivity contribution < 1.29 is 4.74 Å². The molecular formula is C14H26O. The number of ether oxygens (including phenoxy) is 1. The van der Waals surface area contributed by atoms with Crippen LogP contribution < -0.4 is 0 Å². The Morgan fingerprint density at radius 3 is 2.40 bits per heavy atom. The van der Waals surface area contributed by atoms with E-state index in [9.17, 15) is 0 Å². The first-order chi connectivity index (χ1) is 7.16. The van der Waals surface area contributed by atoms with Gasteiger partial charge in [-0.1, -0.05) is 33.1 Å². The predicted molar refractivity (Wildman–Crippen MR) is 63.9 cm³/mol. The summed E-state index contributed by atoms with van der Waals surface area (Å²) < 4.78 is 6.16. The third-order valence-corrected chi connectivity index (χ3v) is 4.59. The van der Waals surface area contributed by atoms with E-state index in [0.29, 0.717) is 18.1 Å². The molecule has 0 aliphatic heterocycles. The second kappa shape index (κ2) is 4.86. The molecule has 0 spiro atoms. The van der Waals surface area contributed by atoms with Crippen molar-refractivity contribution in [1.82, 2.24) is 0 Å². The van der Waals surface area contributed by atoms with Gasteiger partial charge in [-0.05, 0) is 43.9 Å². The lowest BCUT2D eigenvalue weighted by atomic mass is 9.80. The highest BCUT2D eigenvalue weighted by molar-refractivity contribution is 4.85. The lowest BCUT2D eigenvalue weighted by Gasteiger charge is -2.34. The zero-order chi connectivity index (χ0) is 10.8. The van der Waals surface area contributed by atoms with Gasteiger partial charge in [-0.15, -0.1) is 0 Å². The summed E-state index contributed by atoms with van der Waals surface area (Å²) in [6.45, 7) is 6.74. The molecule has 2 fully saturated rings. The van der Waals surface area contributed by atoms with Crippen LogP contribution in [0.4, 0.5) is 0 Å². The van der Waals surface area contributed by atoms with E-state index in [1.54, 1.807) is 0 Å². The first-order valence-electron chi connectivity index (χ1n) is 6.82. The second-order valence-corrected chi connectivity index (χ2v) is 5.97. The summed E-state index contributed by atoms with van der Waals surface area (Å²) in [5, 5.41) is 0. The number of rotatable bonds is 3. The van der Waals surface area contributed by atoms with Gasteiger partial charge in [-0.25, -0.2) is 0 Å². The van der Waals surface area contributed by atoms with E-state index in [1.165, 1.54) is 38.5 Å². The van der Waals surface area contributed by atoms with Crippen molar-refractivity contribution in [3.8, 4) is 0 Å². The van der Waals surface area contributed by atoms with Crippen molar-refractivity contribution in [2.75, 3.05) is 0 Å². The Kier molecular flexibility index (Phi) is 3.71. The molecule has 0 saturated heterocycles. The molecule has 15 heavy (non-hydrogen) atoms. The Labute approximate surface area is 94.6 Å². The van der Waals surface area contributed by atoms with E-state index in [2.05, 4.69) is 20.8 Å². The van der Waals surface area contributed by atoms with Gasteiger partial charge in [0.15, 0.2) is 0 Å². The molecule has 0 bridgehead atoms. The van der Waals surface area contributed by atoms with Gasteiger partial charge >= 0.3 is 0 Å². The maximum atomic E-state index is 6.16. The highest BCUT2D eigenvalue weighted by atomic mass is 16.5. The fourth-order valence-corrected chi connectivity index (χ4v) is 3.24. The Bertz CT molecular complexity index is 198. The van der Waals surface area contributed by atoms with Gasteiger partial charge in [0.05, 0.1) is 12.2 Å². The van der Waals surface area contributed by atoms with Gasteiger partial charge in [0.25, 0.3) is 0 Å². The van der Waals surface area contributed by atoms with Gasteiger partial charge in [0, 0.05) is 0 Å². The Hall–Kier alpha value is -0.0400. The van der Waals surface area contributed by atoms with Gasteiger partial charge < -0.3 is 4.74 Å². The van der Waals surface area contributed by atoms with Crippen LogP contribution in [0.15, 0.2) is 0 Å². The summed E-state index contributed by atoms with van der Waals surface area (Å²) in [5.41, 5.74) is 0. The van der Waals surface area contributed by atoms with E-state index >= 15 is 0 Å². The molecule has 2 aliphatic rings. The molecule has 2 saturated carbocycles. The summed E-state index contributed by atoms with van der Waals surface area (Å²) >= 11 is 0. The normalized spacial score (nSPS) is 38.0. The molecule has 0 aromatic carbocycles. The van der Waals surface area contributed by atoms with E-state index in [1.807, 2.05) is 0 Å². The first-order valence-corrected chi connectivity index (χ1v) is 6.82. The SMILES string of the molecule is CC(C)C(C)OC1CCC2CCCC2C1. The van der Waals surface area contributed by atoms with Crippen molar-refractivity contribution in [2.45, 2.75) is 71.5 Å². The van der Waals surface area contributed by atoms with E-state index in [0.717, 1.165) is 11.8 Å². The smallest absolute Gasteiger partial charge is 0.0581 e. The van der Waals surface area contributed by atoms with E-state index < -0.39 is 0 Å². The molecule has 4 unspecified atom stereocenters. The molecule has 4 atom stereocenters. The van der Waals surface area contributed by atoms with Crippen LogP contribution in [0.1, 0.15) is 59.3 Å². The molecule has 2 aliphatic carbocycles. The Balaban J connectivity index is 1.80. The molecule has 0 amide bonds. The topological polar surface area (TPSA) is 9.23 Å².